The molecule has 0 bridgehead atoms. The molecular formula is C11H21N3O. The minimum absolute atomic E-state index is 0.285. The quantitative estimate of drug-likeness (QED) is 0.652. The number of hydrogen-bond acceptors (Lipinski definition) is 4. The minimum atomic E-state index is -0.285. The van der Waals surface area contributed by atoms with E-state index in [0.29, 0.717) is 12.6 Å². The topological polar surface area (TPSA) is 59.3 Å². The summed E-state index contributed by atoms with van der Waals surface area (Å²) in [6.45, 7) is 7.09. The van der Waals surface area contributed by atoms with E-state index >= 15 is 0 Å². The lowest BCUT2D eigenvalue weighted by Gasteiger charge is -2.38. The lowest BCUT2D eigenvalue weighted by atomic mass is 9.90. The normalized spacial score (nSPS) is 29.7. The van der Waals surface area contributed by atoms with Gasteiger partial charge >= 0.3 is 0 Å². The standard InChI is InChI=1S/C11H21N3O/c1-3-13-11-6-10(9(2)15)7-14(8-11)5-4-12/h9-11,13,15H,3,5-8H2,1-2H3. The first kappa shape index (κ1) is 12.4. The largest absolute Gasteiger partial charge is 0.393 e. The van der Waals surface area contributed by atoms with Crippen LogP contribution >= 0.6 is 0 Å². The molecule has 1 aliphatic heterocycles. The van der Waals surface area contributed by atoms with Crippen molar-refractivity contribution >= 4 is 0 Å². The number of likely N-dealkylation sites (tertiary alicyclic amines) is 1. The van der Waals surface area contributed by atoms with Gasteiger partial charge in [-0.05, 0) is 25.8 Å². The molecular weight excluding hydrogens is 190 g/mol. The monoisotopic (exact) mass is 211 g/mol. The second-order valence-electron chi connectivity index (χ2n) is 4.34. The van der Waals surface area contributed by atoms with Crippen LogP contribution in [0.2, 0.25) is 0 Å². The Bertz CT molecular complexity index is 224. The summed E-state index contributed by atoms with van der Waals surface area (Å²) in [6, 6.07) is 2.59. The van der Waals surface area contributed by atoms with Crippen LogP contribution in [0.1, 0.15) is 20.3 Å². The Kier molecular flexibility index (Phi) is 5.03. The Morgan fingerprint density at radius 1 is 1.60 bits per heavy atom. The molecule has 0 aromatic rings. The van der Waals surface area contributed by atoms with E-state index in [0.717, 1.165) is 26.1 Å². The fourth-order valence-electron chi connectivity index (χ4n) is 2.25. The van der Waals surface area contributed by atoms with Crippen LogP contribution in [0, 0.1) is 17.2 Å². The zero-order valence-corrected chi connectivity index (χ0v) is 9.61. The van der Waals surface area contributed by atoms with E-state index in [-0.39, 0.29) is 12.0 Å². The van der Waals surface area contributed by atoms with Crippen LogP contribution in [0.4, 0.5) is 0 Å². The lowest BCUT2D eigenvalue weighted by molar-refractivity contribution is 0.0537. The lowest BCUT2D eigenvalue weighted by Crippen LogP contribution is -2.51. The minimum Gasteiger partial charge on any atom is -0.393 e. The predicted molar refractivity (Wildman–Crippen MR) is 59.3 cm³/mol. The fraction of sp³-hybridized carbons (Fsp3) is 0.909. The van der Waals surface area contributed by atoms with Crippen molar-refractivity contribution in [3.8, 4) is 6.07 Å². The third-order valence-electron chi connectivity index (χ3n) is 3.03. The molecule has 1 fully saturated rings. The van der Waals surface area contributed by atoms with Gasteiger partial charge in [-0.3, -0.25) is 4.90 Å². The van der Waals surface area contributed by atoms with E-state index in [9.17, 15) is 5.11 Å². The number of rotatable bonds is 4. The highest BCUT2D eigenvalue weighted by atomic mass is 16.3. The second-order valence-corrected chi connectivity index (χ2v) is 4.34. The summed E-state index contributed by atoms with van der Waals surface area (Å²) in [7, 11) is 0. The van der Waals surface area contributed by atoms with E-state index in [1.165, 1.54) is 0 Å². The molecule has 3 unspecified atom stereocenters. The molecule has 1 heterocycles. The summed E-state index contributed by atoms with van der Waals surface area (Å²) in [5.41, 5.74) is 0. The van der Waals surface area contributed by atoms with Gasteiger partial charge in [0.15, 0.2) is 0 Å². The average molecular weight is 211 g/mol. The molecule has 86 valence electrons. The van der Waals surface area contributed by atoms with Crippen molar-refractivity contribution in [3.63, 3.8) is 0 Å². The molecule has 0 radical (unpaired) electrons. The van der Waals surface area contributed by atoms with Crippen molar-refractivity contribution in [2.45, 2.75) is 32.4 Å². The summed E-state index contributed by atoms with van der Waals surface area (Å²) in [4.78, 5) is 2.12. The Morgan fingerprint density at radius 3 is 2.87 bits per heavy atom. The first-order valence-corrected chi connectivity index (χ1v) is 5.68. The summed E-state index contributed by atoms with van der Waals surface area (Å²) < 4.78 is 0. The molecule has 15 heavy (non-hydrogen) atoms. The highest BCUT2D eigenvalue weighted by Gasteiger charge is 2.28. The third-order valence-corrected chi connectivity index (χ3v) is 3.03. The second kappa shape index (κ2) is 6.06. The summed E-state index contributed by atoms with van der Waals surface area (Å²) in [5.74, 6) is 0.288. The number of aliphatic hydroxyl groups is 1. The van der Waals surface area contributed by atoms with Gasteiger partial charge in [0.05, 0.1) is 18.7 Å². The zero-order chi connectivity index (χ0) is 11.3. The van der Waals surface area contributed by atoms with Crippen LogP contribution < -0.4 is 5.32 Å². The van der Waals surface area contributed by atoms with Crippen LogP contribution in [0.3, 0.4) is 0 Å². The number of piperidine rings is 1. The molecule has 4 heteroatoms. The van der Waals surface area contributed by atoms with Gasteiger partial charge in [0.1, 0.15) is 0 Å². The molecule has 0 aliphatic carbocycles. The molecule has 0 aromatic heterocycles. The highest BCUT2D eigenvalue weighted by molar-refractivity contribution is 4.89. The van der Waals surface area contributed by atoms with E-state index in [1.807, 2.05) is 6.92 Å². The van der Waals surface area contributed by atoms with Gasteiger partial charge in [-0.25, -0.2) is 0 Å². The van der Waals surface area contributed by atoms with Crippen LogP contribution in [-0.4, -0.2) is 48.3 Å². The molecule has 0 aromatic carbocycles. The maximum atomic E-state index is 9.61. The summed E-state index contributed by atoms with van der Waals surface area (Å²) in [6.07, 6.45) is 0.723. The smallest absolute Gasteiger partial charge is 0.0866 e. The third kappa shape index (κ3) is 3.78. The van der Waals surface area contributed by atoms with E-state index in [1.54, 1.807) is 0 Å². The van der Waals surface area contributed by atoms with Gasteiger partial charge in [0.2, 0.25) is 0 Å². The van der Waals surface area contributed by atoms with Crippen molar-refractivity contribution in [2.75, 3.05) is 26.2 Å². The number of hydrogen-bond donors (Lipinski definition) is 2. The fourth-order valence-corrected chi connectivity index (χ4v) is 2.25. The molecule has 1 aliphatic rings. The van der Waals surface area contributed by atoms with Gasteiger partial charge in [0.25, 0.3) is 0 Å². The van der Waals surface area contributed by atoms with Gasteiger partial charge in [-0.15, -0.1) is 0 Å². The van der Waals surface area contributed by atoms with E-state index in [2.05, 4.69) is 23.2 Å². The van der Waals surface area contributed by atoms with E-state index < -0.39 is 0 Å². The first-order valence-electron chi connectivity index (χ1n) is 5.68. The van der Waals surface area contributed by atoms with Crippen molar-refractivity contribution < 1.29 is 5.11 Å². The van der Waals surface area contributed by atoms with Gasteiger partial charge in [0, 0.05) is 19.1 Å². The molecule has 1 saturated heterocycles. The molecule has 0 saturated carbocycles. The Balaban J connectivity index is 2.52. The van der Waals surface area contributed by atoms with Crippen LogP contribution in [0.5, 0.6) is 0 Å². The van der Waals surface area contributed by atoms with Crippen molar-refractivity contribution in [1.82, 2.24) is 10.2 Å². The SMILES string of the molecule is CCNC1CC(C(C)O)CN(CC#N)C1. The van der Waals surface area contributed by atoms with Crippen LogP contribution in [0.15, 0.2) is 0 Å². The summed E-state index contributed by atoms with van der Waals surface area (Å²) >= 11 is 0. The molecule has 0 amide bonds. The number of nitriles is 1. The van der Waals surface area contributed by atoms with Gasteiger partial charge < -0.3 is 10.4 Å². The van der Waals surface area contributed by atoms with Crippen molar-refractivity contribution in [1.29, 1.82) is 5.26 Å². The van der Waals surface area contributed by atoms with Gasteiger partial charge in [-0.2, -0.15) is 5.26 Å². The number of likely N-dealkylation sites (N-methyl/N-ethyl adjacent to an activating group) is 1. The van der Waals surface area contributed by atoms with Crippen molar-refractivity contribution in [2.24, 2.45) is 5.92 Å². The predicted octanol–water partition coefficient (Wildman–Crippen LogP) is 0.191. The number of aliphatic hydroxyl groups excluding tert-OH is 1. The summed E-state index contributed by atoms with van der Waals surface area (Å²) in [5, 5.41) is 21.7. The highest BCUT2D eigenvalue weighted by Crippen LogP contribution is 2.19. The van der Waals surface area contributed by atoms with Gasteiger partial charge in [-0.1, -0.05) is 6.92 Å². The molecule has 4 nitrogen and oxygen atoms in total. The Hall–Kier alpha value is -0.630. The maximum Gasteiger partial charge on any atom is 0.0866 e. The Morgan fingerprint density at radius 2 is 2.33 bits per heavy atom. The first-order chi connectivity index (χ1) is 7.17. The van der Waals surface area contributed by atoms with Crippen LogP contribution in [0.25, 0.3) is 0 Å². The number of nitrogens with one attached hydrogen (secondary N) is 1. The average Bonchev–Trinajstić information content (AvgIpc) is 2.18. The van der Waals surface area contributed by atoms with Crippen molar-refractivity contribution in [3.05, 3.63) is 0 Å². The molecule has 1 rings (SSSR count). The molecule has 2 N–H and O–H groups in total. The Labute approximate surface area is 91.9 Å². The van der Waals surface area contributed by atoms with Crippen LogP contribution in [-0.2, 0) is 0 Å². The maximum absolute atomic E-state index is 9.61. The van der Waals surface area contributed by atoms with E-state index in [4.69, 9.17) is 5.26 Å². The molecule has 3 atom stereocenters. The zero-order valence-electron chi connectivity index (χ0n) is 9.61. The molecule has 0 spiro atoms. The number of nitrogens with zero attached hydrogens (tertiary/aromatic N) is 2.